The van der Waals surface area contributed by atoms with Gasteiger partial charge in [-0.05, 0) is 51.3 Å². The van der Waals surface area contributed by atoms with Crippen LogP contribution in [0, 0.1) is 5.82 Å². The largest absolute Gasteiger partial charge is 0.375 e. The third-order valence-corrected chi connectivity index (χ3v) is 6.50. The summed E-state index contributed by atoms with van der Waals surface area (Å²) in [6, 6.07) is 4.72. The van der Waals surface area contributed by atoms with Crippen molar-refractivity contribution in [2.45, 2.75) is 50.5 Å². The lowest BCUT2D eigenvalue weighted by Gasteiger charge is -2.36. The number of ether oxygens (including phenoxy) is 1. The molecule has 1 aromatic carbocycles. The first-order valence-electron chi connectivity index (χ1n) is 8.90. The second-order valence-electron chi connectivity index (χ2n) is 7.61. The number of nitrogens with one attached hydrogen (secondary N) is 1. The van der Waals surface area contributed by atoms with E-state index in [0.29, 0.717) is 18.0 Å². The molecule has 0 saturated carbocycles. The third kappa shape index (κ3) is 3.48. The molecule has 0 aliphatic carbocycles. The molecule has 0 spiro atoms. The van der Waals surface area contributed by atoms with Gasteiger partial charge in [-0.2, -0.15) is 0 Å². The Balaban J connectivity index is 1.80. The summed E-state index contributed by atoms with van der Waals surface area (Å²) >= 11 is 7.46. The van der Waals surface area contributed by atoms with Crippen molar-refractivity contribution in [3.63, 3.8) is 0 Å². The van der Waals surface area contributed by atoms with Crippen LogP contribution in [0.2, 0.25) is 5.02 Å². The number of hydrogen-bond donors (Lipinski definition) is 1. The molecule has 2 aliphatic rings. The fourth-order valence-electron chi connectivity index (χ4n) is 3.80. The molecular formula is C19H21ClFN3O2S. The maximum atomic E-state index is 13.6. The number of aromatic amines is 1. The topological polar surface area (TPSA) is 59.4 Å². The highest BCUT2D eigenvalue weighted by molar-refractivity contribution is 8.14. The molecule has 0 amide bonds. The molecule has 1 fully saturated rings. The summed E-state index contributed by atoms with van der Waals surface area (Å²) in [6.07, 6.45) is 1.61. The summed E-state index contributed by atoms with van der Waals surface area (Å²) in [7, 11) is 0. The molecule has 0 radical (unpaired) electrons. The van der Waals surface area contributed by atoms with Crippen LogP contribution in [-0.2, 0) is 4.74 Å². The van der Waals surface area contributed by atoms with E-state index in [4.69, 9.17) is 16.3 Å². The summed E-state index contributed by atoms with van der Waals surface area (Å²) < 4.78 is 21.3. The Morgan fingerprint density at radius 1 is 1.44 bits per heavy atom. The Labute approximate surface area is 165 Å². The fourth-order valence-corrected chi connectivity index (χ4v) is 5.09. The minimum Gasteiger partial charge on any atom is -0.375 e. The number of thioether (sulfide) groups is 1. The number of halogens is 2. The van der Waals surface area contributed by atoms with Gasteiger partial charge >= 0.3 is 0 Å². The predicted octanol–water partition coefficient (Wildman–Crippen LogP) is 4.99. The van der Waals surface area contributed by atoms with Crippen molar-refractivity contribution in [1.29, 1.82) is 0 Å². The van der Waals surface area contributed by atoms with Gasteiger partial charge in [0.15, 0.2) is 5.82 Å². The average molecular weight is 410 g/mol. The van der Waals surface area contributed by atoms with Crippen LogP contribution in [0.4, 0.5) is 10.2 Å². The van der Waals surface area contributed by atoms with E-state index in [1.165, 1.54) is 17.8 Å². The van der Waals surface area contributed by atoms with E-state index in [9.17, 15) is 9.18 Å². The molecule has 4 rings (SSSR count). The predicted molar refractivity (Wildman–Crippen MR) is 107 cm³/mol. The van der Waals surface area contributed by atoms with Crippen molar-refractivity contribution in [1.82, 2.24) is 9.78 Å². The van der Waals surface area contributed by atoms with Gasteiger partial charge in [0, 0.05) is 6.61 Å². The van der Waals surface area contributed by atoms with Crippen molar-refractivity contribution in [3.8, 4) is 0 Å². The van der Waals surface area contributed by atoms with E-state index < -0.39 is 5.82 Å². The van der Waals surface area contributed by atoms with Crippen LogP contribution < -0.4 is 5.56 Å². The molecule has 27 heavy (non-hydrogen) atoms. The third-order valence-electron chi connectivity index (χ3n) is 5.03. The summed E-state index contributed by atoms with van der Waals surface area (Å²) in [4.78, 5) is 17.5. The number of hydrogen-bond acceptors (Lipinski definition) is 4. The Morgan fingerprint density at radius 3 is 2.93 bits per heavy atom. The molecule has 1 saturated heterocycles. The monoisotopic (exact) mass is 409 g/mol. The van der Waals surface area contributed by atoms with Gasteiger partial charge in [0.05, 0.1) is 32.5 Å². The number of nitrogens with zero attached hydrogens (tertiary/aromatic N) is 2. The zero-order chi connectivity index (χ0) is 19.3. The Morgan fingerprint density at radius 2 is 2.22 bits per heavy atom. The SMILES string of the molecule is CC1=Nc2c(c(=O)[nH]n2[C@H]2CCOC(C)(C)C2)[C@H](c2ccc(F)c(Cl)c2)S1. The van der Waals surface area contributed by atoms with Gasteiger partial charge in [-0.1, -0.05) is 29.4 Å². The van der Waals surface area contributed by atoms with Crippen LogP contribution in [0.25, 0.3) is 0 Å². The van der Waals surface area contributed by atoms with E-state index in [0.717, 1.165) is 23.4 Å². The Bertz CT molecular complexity index is 982. The van der Waals surface area contributed by atoms with Gasteiger partial charge in [0.25, 0.3) is 5.56 Å². The lowest BCUT2D eigenvalue weighted by Crippen LogP contribution is -2.35. The molecule has 5 nitrogen and oxygen atoms in total. The van der Waals surface area contributed by atoms with Gasteiger partial charge in [0.2, 0.25) is 0 Å². The van der Waals surface area contributed by atoms with E-state index in [2.05, 4.69) is 23.9 Å². The van der Waals surface area contributed by atoms with E-state index in [1.54, 1.807) is 12.1 Å². The van der Waals surface area contributed by atoms with Crippen LogP contribution in [0.5, 0.6) is 0 Å². The van der Waals surface area contributed by atoms with Crippen LogP contribution in [0.1, 0.15) is 56.0 Å². The van der Waals surface area contributed by atoms with Gasteiger partial charge in [-0.15, -0.1) is 0 Å². The molecule has 0 bridgehead atoms. The highest BCUT2D eigenvalue weighted by Gasteiger charge is 2.35. The molecule has 3 heterocycles. The highest BCUT2D eigenvalue weighted by Crippen LogP contribution is 2.45. The number of aliphatic imine (C=N–C) groups is 1. The molecule has 2 aliphatic heterocycles. The standard InChI is InChI=1S/C19H21ClFN3O2S/c1-10-22-17-15(16(27-10)11-4-5-14(21)13(20)8-11)18(25)23-24(17)12-6-7-26-19(2,3)9-12/h4-5,8,12,16H,6-7,9H2,1-3H3,(H,23,25)/t12-,16-/m0/s1. The first-order valence-corrected chi connectivity index (χ1v) is 10.2. The Hall–Kier alpha value is -1.57. The van der Waals surface area contributed by atoms with Crippen LogP contribution >= 0.6 is 23.4 Å². The van der Waals surface area contributed by atoms with Crippen LogP contribution in [0.3, 0.4) is 0 Å². The summed E-state index contributed by atoms with van der Waals surface area (Å²) in [6.45, 7) is 6.67. The average Bonchev–Trinajstić information content (AvgIpc) is 2.92. The number of H-pyrrole nitrogens is 1. The smallest absolute Gasteiger partial charge is 0.271 e. The normalized spacial score (nSPS) is 24.4. The molecule has 8 heteroatoms. The van der Waals surface area contributed by atoms with Crippen LogP contribution in [0.15, 0.2) is 28.0 Å². The van der Waals surface area contributed by atoms with Crippen molar-refractivity contribution in [2.75, 3.05) is 6.61 Å². The second-order valence-corrected chi connectivity index (χ2v) is 9.31. The fraction of sp³-hybridized carbons (Fsp3) is 0.474. The number of fused-ring (bicyclic) bond motifs is 1. The van der Waals surface area contributed by atoms with E-state index in [1.807, 2.05) is 11.6 Å². The lowest BCUT2D eigenvalue weighted by molar-refractivity contribution is -0.0705. The molecule has 2 atom stereocenters. The van der Waals surface area contributed by atoms with Gasteiger partial charge in [-0.3, -0.25) is 14.6 Å². The molecule has 0 unspecified atom stereocenters. The molecule has 2 aromatic rings. The highest BCUT2D eigenvalue weighted by atomic mass is 35.5. The minimum atomic E-state index is -0.470. The molecule has 144 valence electrons. The van der Waals surface area contributed by atoms with Gasteiger partial charge < -0.3 is 4.74 Å². The Kier molecular flexibility index (Phi) is 4.72. The van der Waals surface area contributed by atoms with Crippen molar-refractivity contribution in [3.05, 3.63) is 50.5 Å². The van der Waals surface area contributed by atoms with Crippen molar-refractivity contribution >= 4 is 34.2 Å². The summed E-state index contributed by atoms with van der Waals surface area (Å²) in [5.74, 6) is 0.187. The molecular weight excluding hydrogens is 389 g/mol. The first-order chi connectivity index (χ1) is 12.7. The van der Waals surface area contributed by atoms with E-state index >= 15 is 0 Å². The number of aromatic nitrogens is 2. The van der Waals surface area contributed by atoms with Gasteiger partial charge in [-0.25, -0.2) is 9.38 Å². The lowest BCUT2D eigenvalue weighted by atomic mass is 9.94. The van der Waals surface area contributed by atoms with Crippen molar-refractivity contribution in [2.24, 2.45) is 4.99 Å². The number of rotatable bonds is 2. The zero-order valence-corrected chi connectivity index (χ0v) is 17.0. The molecule has 1 aromatic heterocycles. The zero-order valence-electron chi connectivity index (χ0n) is 15.4. The van der Waals surface area contributed by atoms with Gasteiger partial charge in [0.1, 0.15) is 5.82 Å². The van der Waals surface area contributed by atoms with Crippen LogP contribution in [-0.4, -0.2) is 27.0 Å². The minimum absolute atomic E-state index is 0.0526. The first kappa shape index (κ1) is 18.8. The summed E-state index contributed by atoms with van der Waals surface area (Å²) in [5.41, 5.74) is 0.974. The molecule has 1 N–H and O–H groups in total. The van der Waals surface area contributed by atoms with Crippen molar-refractivity contribution < 1.29 is 9.13 Å². The maximum absolute atomic E-state index is 13.6. The maximum Gasteiger partial charge on any atom is 0.271 e. The number of benzene rings is 1. The quantitative estimate of drug-likeness (QED) is 0.760. The summed E-state index contributed by atoms with van der Waals surface area (Å²) in [5, 5.41) is 3.62. The second kappa shape index (κ2) is 6.79. The van der Waals surface area contributed by atoms with E-state index in [-0.39, 0.29) is 27.5 Å².